The molecule has 0 saturated heterocycles. The molecule has 0 saturated carbocycles. The van der Waals surface area contributed by atoms with Crippen molar-refractivity contribution >= 4 is 37.7 Å². The highest BCUT2D eigenvalue weighted by Gasteiger charge is 2.07. The lowest BCUT2D eigenvalue weighted by atomic mass is 10.4. The standard InChI is InChI=1S/C11H11Br2N5O/c1-6-2-9(17-14)16-10(15-6)5-18-4-7(12)3-8(13)11(18)19/h2-4H,5,14H2,1H3,(H,15,16,17). The van der Waals surface area contributed by atoms with Gasteiger partial charge in [-0.25, -0.2) is 15.8 Å². The number of halogens is 2. The second kappa shape index (κ2) is 5.81. The first kappa shape index (κ1) is 14.2. The Morgan fingerprint density at radius 3 is 2.79 bits per heavy atom. The molecule has 8 heteroatoms. The van der Waals surface area contributed by atoms with Gasteiger partial charge in [-0.05, 0) is 44.8 Å². The SMILES string of the molecule is Cc1cc(NN)nc(Cn2cc(Br)cc(Br)c2=O)n1. The Morgan fingerprint density at radius 1 is 1.37 bits per heavy atom. The van der Waals surface area contributed by atoms with E-state index >= 15 is 0 Å². The summed E-state index contributed by atoms with van der Waals surface area (Å²) >= 11 is 6.56. The molecule has 0 spiro atoms. The van der Waals surface area contributed by atoms with Crippen LogP contribution in [0.3, 0.4) is 0 Å². The van der Waals surface area contributed by atoms with Crippen molar-refractivity contribution in [3.05, 3.63) is 49.1 Å². The van der Waals surface area contributed by atoms with Crippen LogP contribution in [-0.4, -0.2) is 14.5 Å². The van der Waals surface area contributed by atoms with Gasteiger partial charge in [-0.2, -0.15) is 0 Å². The third kappa shape index (κ3) is 3.40. The summed E-state index contributed by atoms with van der Waals surface area (Å²) in [5, 5.41) is 0. The summed E-state index contributed by atoms with van der Waals surface area (Å²) in [5.74, 6) is 6.37. The van der Waals surface area contributed by atoms with Crippen LogP contribution in [0, 0.1) is 6.92 Å². The Labute approximate surface area is 126 Å². The monoisotopic (exact) mass is 387 g/mol. The Morgan fingerprint density at radius 2 is 2.11 bits per heavy atom. The van der Waals surface area contributed by atoms with Crippen molar-refractivity contribution in [2.45, 2.75) is 13.5 Å². The first-order valence-corrected chi connectivity index (χ1v) is 6.95. The maximum atomic E-state index is 12.0. The Kier molecular flexibility index (Phi) is 4.33. The van der Waals surface area contributed by atoms with Gasteiger partial charge in [0.2, 0.25) is 0 Å². The summed E-state index contributed by atoms with van der Waals surface area (Å²) in [5.41, 5.74) is 3.11. The van der Waals surface area contributed by atoms with E-state index in [1.54, 1.807) is 18.3 Å². The molecule has 2 aromatic heterocycles. The van der Waals surface area contributed by atoms with E-state index in [2.05, 4.69) is 47.3 Å². The van der Waals surface area contributed by atoms with Crippen LogP contribution >= 0.6 is 31.9 Å². The molecule has 0 aliphatic heterocycles. The molecular weight excluding hydrogens is 378 g/mol. The number of rotatable bonds is 3. The van der Waals surface area contributed by atoms with Crippen molar-refractivity contribution in [2.24, 2.45) is 5.84 Å². The molecule has 0 amide bonds. The number of aromatic nitrogens is 3. The lowest BCUT2D eigenvalue weighted by molar-refractivity contribution is 0.706. The van der Waals surface area contributed by atoms with E-state index in [4.69, 9.17) is 5.84 Å². The number of nitrogens with one attached hydrogen (secondary N) is 1. The van der Waals surface area contributed by atoms with Crippen LogP contribution in [0.1, 0.15) is 11.5 Å². The quantitative estimate of drug-likeness (QED) is 0.618. The lowest BCUT2D eigenvalue weighted by Gasteiger charge is -2.08. The van der Waals surface area contributed by atoms with Crippen LogP contribution in [0.4, 0.5) is 5.82 Å². The molecule has 2 heterocycles. The molecule has 100 valence electrons. The summed E-state index contributed by atoms with van der Waals surface area (Å²) in [7, 11) is 0. The van der Waals surface area contributed by atoms with Crippen molar-refractivity contribution < 1.29 is 0 Å². The average molecular weight is 389 g/mol. The van der Waals surface area contributed by atoms with Gasteiger partial charge in [-0.1, -0.05) is 0 Å². The van der Waals surface area contributed by atoms with Crippen molar-refractivity contribution in [3.63, 3.8) is 0 Å². The zero-order valence-corrected chi connectivity index (χ0v) is 13.2. The predicted octanol–water partition coefficient (Wildman–Crippen LogP) is 1.81. The molecule has 0 atom stereocenters. The normalized spacial score (nSPS) is 10.5. The summed E-state index contributed by atoms with van der Waals surface area (Å²) in [6, 6.07) is 3.42. The number of anilines is 1. The van der Waals surface area contributed by atoms with E-state index in [-0.39, 0.29) is 12.1 Å². The van der Waals surface area contributed by atoms with Gasteiger partial charge in [0.05, 0.1) is 11.0 Å². The van der Waals surface area contributed by atoms with Gasteiger partial charge in [0.1, 0.15) is 5.82 Å². The number of nitrogen functional groups attached to an aromatic ring is 1. The summed E-state index contributed by atoms with van der Waals surface area (Å²) in [4.78, 5) is 20.5. The number of nitrogens with zero attached hydrogens (tertiary/aromatic N) is 3. The summed E-state index contributed by atoms with van der Waals surface area (Å²) in [6.45, 7) is 2.11. The van der Waals surface area contributed by atoms with Crippen LogP contribution in [0.5, 0.6) is 0 Å². The van der Waals surface area contributed by atoms with Gasteiger partial charge >= 0.3 is 0 Å². The zero-order valence-electron chi connectivity index (χ0n) is 10.0. The van der Waals surface area contributed by atoms with Gasteiger partial charge in [0.15, 0.2) is 5.82 Å². The number of hydrazine groups is 1. The van der Waals surface area contributed by atoms with Crippen molar-refractivity contribution in [1.82, 2.24) is 14.5 Å². The average Bonchev–Trinajstić information content (AvgIpc) is 2.34. The van der Waals surface area contributed by atoms with Crippen LogP contribution in [0.15, 0.2) is 32.1 Å². The van der Waals surface area contributed by atoms with Crippen LogP contribution in [0.2, 0.25) is 0 Å². The van der Waals surface area contributed by atoms with Crippen LogP contribution in [-0.2, 0) is 6.54 Å². The van der Waals surface area contributed by atoms with E-state index in [1.165, 1.54) is 4.57 Å². The van der Waals surface area contributed by atoms with Crippen molar-refractivity contribution in [1.29, 1.82) is 0 Å². The first-order chi connectivity index (χ1) is 8.99. The Hall–Kier alpha value is -1.25. The molecule has 0 unspecified atom stereocenters. The third-order valence-electron chi connectivity index (χ3n) is 2.37. The molecular formula is C11H11Br2N5O. The van der Waals surface area contributed by atoms with E-state index in [1.807, 2.05) is 6.92 Å². The molecule has 0 bridgehead atoms. The predicted molar refractivity (Wildman–Crippen MR) is 79.8 cm³/mol. The van der Waals surface area contributed by atoms with Gasteiger partial charge in [-0.15, -0.1) is 0 Å². The molecule has 3 N–H and O–H groups in total. The minimum atomic E-state index is -0.143. The van der Waals surface area contributed by atoms with Crippen LogP contribution < -0.4 is 16.8 Å². The minimum Gasteiger partial charge on any atom is -0.308 e. The Bertz CT molecular complexity index is 671. The lowest BCUT2D eigenvalue weighted by Crippen LogP contribution is -2.22. The molecule has 0 aliphatic rings. The molecule has 19 heavy (non-hydrogen) atoms. The van der Waals surface area contributed by atoms with Gasteiger partial charge in [0, 0.05) is 22.4 Å². The summed E-state index contributed by atoms with van der Waals surface area (Å²) < 4.78 is 2.79. The molecule has 0 fully saturated rings. The second-order valence-electron chi connectivity index (χ2n) is 3.89. The summed E-state index contributed by atoms with van der Waals surface area (Å²) in [6.07, 6.45) is 1.69. The molecule has 6 nitrogen and oxygen atoms in total. The highest BCUT2D eigenvalue weighted by atomic mass is 79.9. The van der Waals surface area contributed by atoms with E-state index in [0.717, 1.165) is 10.2 Å². The first-order valence-electron chi connectivity index (χ1n) is 5.36. The van der Waals surface area contributed by atoms with Crippen molar-refractivity contribution in [2.75, 3.05) is 5.43 Å². The number of hydrogen-bond acceptors (Lipinski definition) is 5. The van der Waals surface area contributed by atoms with Crippen molar-refractivity contribution in [3.8, 4) is 0 Å². The maximum absolute atomic E-state index is 12.0. The second-order valence-corrected chi connectivity index (χ2v) is 5.66. The molecule has 2 aromatic rings. The maximum Gasteiger partial charge on any atom is 0.265 e. The van der Waals surface area contributed by atoms with Gasteiger partial charge in [0.25, 0.3) is 5.56 Å². The molecule has 0 aromatic carbocycles. The fourth-order valence-electron chi connectivity index (χ4n) is 1.61. The Balaban J connectivity index is 2.41. The largest absolute Gasteiger partial charge is 0.308 e. The molecule has 0 aliphatic carbocycles. The van der Waals surface area contributed by atoms with E-state index in [9.17, 15) is 4.79 Å². The van der Waals surface area contributed by atoms with E-state index in [0.29, 0.717) is 16.1 Å². The number of pyridine rings is 1. The molecule has 0 radical (unpaired) electrons. The van der Waals surface area contributed by atoms with Crippen LogP contribution in [0.25, 0.3) is 0 Å². The number of nitrogens with two attached hydrogens (primary N) is 1. The number of aryl methyl sites for hydroxylation is 1. The minimum absolute atomic E-state index is 0.143. The highest BCUT2D eigenvalue weighted by molar-refractivity contribution is 9.11. The van der Waals surface area contributed by atoms with Gasteiger partial charge < -0.3 is 9.99 Å². The zero-order chi connectivity index (χ0) is 14.0. The smallest absolute Gasteiger partial charge is 0.265 e. The topological polar surface area (TPSA) is 85.8 Å². The third-order valence-corrected chi connectivity index (χ3v) is 3.37. The molecule has 2 rings (SSSR count). The van der Waals surface area contributed by atoms with Gasteiger partial charge in [-0.3, -0.25) is 4.79 Å². The van der Waals surface area contributed by atoms with E-state index < -0.39 is 0 Å². The fourth-order valence-corrected chi connectivity index (χ4v) is 2.87. The fraction of sp³-hybridized carbons (Fsp3) is 0.182. The number of hydrogen-bond donors (Lipinski definition) is 2. The highest BCUT2D eigenvalue weighted by Crippen LogP contribution is 2.13.